The molecule has 5 heteroatoms. The molecule has 1 aromatic heterocycles. The van der Waals surface area contributed by atoms with Crippen LogP contribution in [0.25, 0.3) is 0 Å². The monoisotopic (exact) mass is 334 g/mol. The van der Waals surface area contributed by atoms with Gasteiger partial charge in [-0.3, -0.25) is 5.10 Å². The summed E-state index contributed by atoms with van der Waals surface area (Å²) in [6.45, 7) is 10.2. The zero-order chi connectivity index (χ0) is 17.4. The van der Waals surface area contributed by atoms with E-state index < -0.39 is 0 Å². The molecule has 1 saturated carbocycles. The van der Waals surface area contributed by atoms with E-state index >= 15 is 0 Å². The third kappa shape index (κ3) is 3.68. The first-order valence-corrected chi connectivity index (χ1v) is 9.40. The highest BCUT2D eigenvalue weighted by Gasteiger charge is 2.46. The van der Waals surface area contributed by atoms with Gasteiger partial charge < -0.3 is 15.4 Å². The van der Waals surface area contributed by atoms with Crippen molar-refractivity contribution in [1.82, 2.24) is 15.1 Å². The Morgan fingerprint density at radius 3 is 2.62 bits per heavy atom. The maximum absolute atomic E-state index is 6.26. The molecule has 0 aromatic carbocycles. The van der Waals surface area contributed by atoms with E-state index in [9.17, 15) is 0 Å². The van der Waals surface area contributed by atoms with Crippen LogP contribution in [0, 0.1) is 12.3 Å². The second-order valence-corrected chi connectivity index (χ2v) is 8.83. The number of H-pyrrole nitrogens is 1. The number of hydrogen-bond acceptors (Lipinski definition) is 4. The average molecular weight is 335 g/mol. The van der Waals surface area contributed by atoms with Crippen LogP contribution in [0.2, 0.25) is 0 Å². The molecule has 1 aliphatic heterocycles. The van der Waals surface area contributed by atoms with Crippen molar-refractivity contribution < 1.29 is 4.74 Å². The number of likely N-dealkylation sites (N-methyl/N-ethyl adjacent to an activating group) is 1. The Hall–Kier alpha value is -0.910. The second kappa shape index (κ2) is 6.77. The number of ether oxygens (including phenoxy) is 1. The Morgan fingerprint density at radius 2 is 2.04 bits per heavy atom. The first kappa shape index (κ1) is 17.9. The maximum Gasteiger partial charge on any atom is 0.0700 e. The minimum Gasteiger partial charge on any atom is -0.374 e. The molecule has 2 aliphatic rings. The van der Waals surface area contributed by atoms with Gasteiger partial charge in [-0.1, -0.05) is 13.8 Å². The van der Waals surface area contributed by atoms with Gasteiger partial charge >= 0.3 is 0 Å². The minimum atomic E-state index is 0.141. The summed E-state index contributed by atoms with van der Waals surface area (Å²) in [4.78, 5) is 2.29. The summed E-state index contributed by atoms with van der Waals surface area (Å²) < 4.78 is 6.26. The van der Waals surface area contributed by atoms with Gasteiger partial charge in [-0.2, -0.15) is 5.10 Å². The van der Waals surface area contributed by atoms with Crippen LogP contribution in [-0.4, -0.2) is 47.4 Å². The molecule has 24 heavy (non-hydrogen) atoms. The van der Waals surface area contributed by atoms with Gasteiger partial charge in [0.1, 0.15) is 0 Å². The highest BCUT2D eigenvalue weighted by atomic mass is 16.5. The van der Waals surface area contributed by atoms with Gasteiger partial charge in [0.05, 0.1) is 17.9 Å². The first-order chi connectivity index (χ1) is 11.3. The van der Waals surface area contributed by atoms with Crippen LogP contribution in [0.3, 0.4) is 0 Å². The molecule has 0 radical (unpaired) electrons. The zero-order valence-electron chi connectivity index (χ0n) is 15.8. The van der Waals surface area contributed by atoms with Gasteiger partial charge in [0.2, 0.25) is 0 Å². The van der Waals surface area contributed by atoms with Crippen LogP contribution in [-0.2, 0) is 11.3 Å². The standard InChI is InChI=1S/C19H34N4O/c1-14-16(11-23(4)10-9-20)17(22-21-14)15-5-7-19(8-6-15)12-18(2,3)13-24-19/h15H,5-13,20H2,1-4H3,(H,21,22). The number of hydrogen-bond donors (Lipinski definition) is 2. The van der Waals surface area contributed by atoms with Crippen LogP contribution in [0.5, 0.6) is 0 Å². The van der Waals surface area contributed by atoms with E-state index in [1.54, 1.807) is 0 Å². The molecular weight excluding hydrogens is 300 g/mol. The topological polar surface area (TPSA) is 67.2 Å². The molecule has 2 fully saturated rings. The lowest BCUT2D eigenvalue weighted by atomic mass is 9.72. The Balaban J connectivity index is 1.67. The molecule has 0 bridgehead atoms. The number of aromatic amines is 1. The lowest BCUT2D eigenvalue weighted by molar-refractivity contribution is -0.0296. The average Bonchev–Trinajstić information content (AvgIpc) is 3.02. The largest absolute Gasteiger partial charge is 0.374 e. The van der Waals surface area contributed by atoms with E-state index in [1.165, 1.54) is 49.1 Å². The van der Waals surface area contributed by atoms with Crippen molar-refractivity contribution in [2.75, 3.05) is 26.7 Å². The summed E-state index contributed by atoms with van der Waals surface area (Å²) in [5.41, 5.74) is 10.0. The number of aromatic nitrogens is 2. The third-order valence-electron chi connectivity index (χ3n) is 5.90. The van der Waals surface area contributed by atoms with Crippen molar-refractivity contribution in [2.45, 2.75) is 70.9 Å². The van der Waals surface area contributed by atoms with Crippen molar-refractivity contribution in [3.63, 3.8) is 0 Å². The van der Waals surface area contributed by atoms with E-state index in [0.717, 1.165) is 19.7 Å². The predicted molar refractivity (Wildman–Crippen MR) is 97.0 cm³/mol. The molecule has 1 spiro atoms. The summed E-state index contributed by atoms with van der Waals surface area (Å²) in [6, 6.07) is 0. The minimum absolute atomic E-state index is 0.141. The van der Waals surface area contributed by atoms with E-state index in [2.05, 4.69) is 42.9 Å². The fourth-order valence-corrected chi connectivity index (χ4v) is 4.64. The van der Waals surface area contributed by atoms with Gasteiger partial charge in [0, 0.05) is 36.8 Å². The number of aryl methyl sites for hydroxylation is 1. The van der Waals surface area contributed by atoms with Gasteiger partial charge in [-0.25, -0.2) is 0 Å². The normalized spacial score (nSPS) is 29.7. The van der Waals surface area contributed by atoms with Crippen LogP contribution in [0.15, 0.2) is 0 Å². The number of nitrogens with one attached hydrogen (secondary N) is 1. The Labute approximate surface area is 146 Å². The fraction of sp³-hybridized carbons (Fsp3) is 0.842. The van der Waals surface area contributed by atoms with Crippen molar-refractivity contribution in [1.29, 1.82) is 0 Å². The maximum atomic E-state index is 6.26. The summed E-state index contributed by atoms with van der Waals surface area (Å²) in [7, 11) is 2.13. The molecule has 1 aromatic rings. The van der Waals surface area contributed by atoms with Crippen LogP contribution >= 0.6 is 0 Å². The number of rotatable bonds is 5. The van der Waals surface area contributed by atoms with Crippen molar-refractivity contribution >= 4 is 0 Å². The molecule has 1 aliphatic carbocycles. The predicted octanol–water partition coefficient (Wildman–Crippen LogP) is 2.95. The Bertz CT molecular complexity index is 558. The SMILES string of the molecule is Cc1[nH]nc(C2CCC3(CC2)CC(C)(C)CO3)c1CN(C)CCN. The van der Waals surface area contributed by atoms with E-state index in [0.29, 0.717) is 17.9 Å². The first-order valence-electron chi connectivity index (χ1n) is 9.40. The zero-order valence-corrected chi connectivity index (χ0v) is 15.8. The summed E-state index contributed by atoms with van der Waals surface area (Å²) in [6.07, 6.45) is 5.93. The highest BCUT2D eigenvalue weighted by molar-refractivity contribution is 5.28. The second-order valence-electron chi connectivity index (χ2n) is 8.83. The molecule has 3 rings (SSSR count). The van der Waals surface area contributed by atoms with Crippen molar-refractivity contribution in [3.05, 3.63) is 17.0 Å². The highest BCUT2D eigenvalue weighted by Crippen LogP contribution is 2.50. The summed E-state index contributed by atoms with van der Waals surface area (Å²) in [5.74, 6) is 0.564. The lowest BCUT2D eigenvalue weighted by Gasteiger charge is -2.37. The van der Waals surface area contributed by atoms with Crippen LogP contribution in [0.4, 0.5) is 0 Å². The molecule has 3 N–H and O–H groups in total. The number of nitrogens with two attached hydrogens (primary N) is 1. The Kier molecular flexibility index (Phi) is 5.05. The lowest BCUT2D eigenvalue weighted by Crippen LogP contribution is -2.34. The molecule has 136 valence electrons. The quantitative estimate of drug-likeness (QED) is 0.869. The van der Waals surface area contributed by atoms with Gasteiger partial charge in [-0.15, -0.1) is 0 Å². The number of nitrogens with zero attached hydrogens (tertiary/aromatic N) is 2. The van der Waals surface area contributed by atoms with Crippen LogP contribution in [0.1, 0.15) is 68.8 Å². The van der Waals surface area contributed by atoms with Gasteiger partial charge in [0.15, 0.2) is 0 Å². The van der Waals surface area contributed by atoms with Crippen molar-refractivity contribution in [3.8, 4) is 0 Å². The molecule has 0 unspecified atom stereocenters. The molecule has 0 atom stereocenters. The van der Waals surface area contributed by atoms with Gasteiger partial charge in [0.25, 0.3) is 0 Å². The third-order valence-corrected chi connectivity index (χ3v) is 5.90. The molecule has 1 saturated heterocycles. The van der Waals surface area contributed by atoms with Crippen molar-refractivity contribution in [2.24, 2.45) is 11.1 Å². The van der Waals surface area contributed by atoms with Crippen LogP contribution < -0.4 is 5.73 Å². The van der Waals surface area contributed by atoms with Gasteiger partial charge in [-0.05, 0) is 51.5 Å². The molecule has 0 amide bonds. The fourth-order valence-electron chi connectivity index (χ4n) is 4.64. The van der Waals surface area contributed by atoms with E-state index in [1.807, 2.05) is 0 Å². The summed E-state index contributed by atoms with van der Waals surface area (Å²) >= 11 is 0. The molecule has 5 nitrogen and oxygen atoms in total. The smallest absolute Gasteiger partial charge is 0.0700 e. The van der Waals surface area contributed by atoms with E-state index in [-0.39, 0.29) is 5.60 Å². The molecule has 2 heterocycles. The molecular formula is C19H34N4O. The Morgan fingerprint density at radius 1 is 1.33 bits per heavy atom. The summed E-state index contributed by atoms with van der Waals surface area (Å²) in [5, 5.41) is 7.89. The van der Waals surface area contributed by atoms with E-state index in [4.69, 9.17) is 10.5 Å².